The fourth-order valence-corrected chi connectivity index (χ4v) is 2.13. The fraction of sp³-hybridized carbons (Fsp3) is 0.818. The van der Waals surface area contributed by atoms with Crippen LogP contribution in [0.2, 0.25) is 0 Å². The number of aliphatic hydroxyl groups is 1. The molecule has 1 heteroatoms. The minimum absolute atomic E-state index is 0.389. The molecule has 2 rings (SSSR count). The molecule has 1 N–H and O–H groups in total. The van der Waals surface area contributed by atoms with Gasteiger partial charge in [0.15, 0.2) is 0 Å². The monoisotopic (exact) mass is 166 g/mol. The summed E-state index contributed by atoms with van der Waals surface area (Å²) in [7, 11) is 0. The Morgan fingerprint density at radius 1 is 1.08 bits per heavy atom. The van der Waals surface area contributed by atoms with Crippen molar-refractivity contribution < 1.29 is 5.11 Å². The van der Waals surface area contributed by atoms with E-state index in [4.69, 9.17) is 5.11 Å². The van der Waals surface area contributed by atoms with Crippen LogP contribution in [0.25, 0.3) is 0 Å². The highest BCUT2D eigenvalue weighted by molar-refractivity contribution is 5.01. The third-order valence-electron chi connectivity index (χ3n) is 3.20. The van der Waals surface area contributed by atoms with Crippen LogP contribution in [-0.4, -0.2) is 11.7 Å². The molecule has 0 aromatic heterocycles. The Morgan fingerprint density at radius 2 is 1.92 bits per heavy atom. The first-order valence-electron chi connectivity index (χ1n) is 5.19. The lowest BCUT2D eigenvalue weighted by Crippen LogP contribution is -2.09. The van der Waals surface area contributed by atoms with Crippen molar-refractivity contribution in [2.75, 3.05) is 6.61 Å². The van der Waals surface area contributed by atoms with E-state index >= 15 is 0 Å². The number of hydrogen-bond donors (Lipinski definition) is 1. The van der Waals surface area contributed by atoms with Crippen LogP contribution < -0.4 is 0 Å². The SMILES string of the molecule is OCC1CCCC1/C=C/C1CC1. The average molecular weight is 166 g/mol. The van der Waals surface area contributed by atoms with Gasteiger partial charge in [-0.1, -0.05) is 18.6 Å². The van der Waals surface area contributed by atoms with E-state index in [1.54, 1.807) is 0 Å². The molecule has 0 spiro atoms. The Balaban J connectivity index is 1.84. The van der Waals surface area contributed by atoms with Gasteiger partial charge in [-0.2, -0.15) is 0 Å². The van der Waals surface area contributed by atoms with Gasteiger partial charge in [0.2, 0.25) is 0 Å². The summed E-state index contributed by atoms with van der Waals surface area (Å²) in [5.74, 6) is 2.15. The van der Waals surface area contributed by atoms with Crippen LogP contribution in [0.5, 0.6) is 0 Å². The summed E-state index contributed by atoms with van der Waals surface area (Å²) >= 11 is 0. The molecular weight excluding hydrogens is 148 g/mol. The molecule has 1 nitrogen and oxygen atoms in total. The molecule has 2 saturated carbocycles. The van der Waals surface area contributed by atoms with Gasteiger partial charge in [0, 0.05) is 6.61 Å². The maximum absolute atomic E-state index is 9.08. The van der Waals surface area contributed by atoms with E-state index in [0.717, 1.165) is 5.92 Å². The Kier molecular flexibility index (Phi) is 2.50. The number of hydrogen-bond acceptors (Lipinski definition) is 1. The second kappa shape index (κ2) is 3.61. The lowest BCUT2D eigenvalue weighted by atomic mass is 9.96. The highest BCUT2D eigenvalue weighted by atomic mass is 16.3. The molecule has 2 aliphatic carbocycles. The zero-order chi connectivity index (χ0) is 8.39. The Morgan fingerprint density at radius 3 is 2.58 bits per heavy atom. The Hall–Kier alpha value is -0.300. The van der Waals surface area contributed by atoms with Crippen LogP contribution in [0.4, 0.5) is 0 Å². The largest absolute Gasteiger partial charge is 0.396 e. The first-order valence-corrected chi connectivity index (χ1v) is 5.19. The standard InChI is InChI=1S/C11H18O/c12-8-11-3-1-2-10(11)7-6-9-4-5-9/h6-7,9-12H,1-5,8H2/b7-6+. The van der Waals surface area contributed by atoms with Crippen LogP contribution in [0, 0.1) is 17.8 Å². The number of allylic oxidation sites excluding steroid dienone is 2. The van der Waals surface area contributed by atoms with Gasteiger partial charge in [-0.3, -0.25) is 0 Å². The number of rotatable bonds is 3. The average Bonchev–Trinajstić information content (AvgIpc) is 2.81. The van der Waals surface area contributed by atoms with Crippen molar-refractivity contribution in [3.05, 3.63) is 12.2 Å². The topological polar surface area (TPSA) is 20.2 Å². The van der Waals surface area contributed by atoms with Crippen LogP contribution in [-0.2, 0) is 0 Å². The Bertz CT molecular complexity index is 170. The molecule has 2 fully saturated rings. The first kappa shape index (κ1) is 8.31. The fourth-order valence-electron chi connectivity index (χ4n) is 2.13. The summed E-state index contributed by atoms with van der Waals surface area (Å²) in [6, 6.07) is 0. The molecule has 12 heavy (non-hydrogen) atoms. The number of aliphatic hydroxyl groups excluding tert-OH is 1. The maximum atomic E-state index is 9.08. The minimum atomic E-state index is 0.389. The summed E-state index contributed by atoms with van der Waals surface area (Å²) in [6.07, 6.45) is 11.4. The van der Waals surface area contributed by atoms with Gasteiger partial charge in [0.25, 0.3) is 0 Å². The molecule has 0 aliphatic heterocycles. The molecule has 0 bridgehead atoms. The molecule has 0 saturated heterocycles. The van der Waals surface area contributed by atoms with Crippen molar-refractivity contribution in [3.8, 4) is 0 Å². The lowest BCUT2D eigenvalue weighted by Gasteiger charge is -2.12. The van der Waals surface area contributed by atoms with Gasteiger partial charge in [-0.15, -0.1) is 0 Å². The zero-order valence-corrected chi connectivity index (χ0v) is 7.58. The van der Waals surface area contributed by atoms with Crippen molar-refractivity contribution >= 4 is 0 Å². The summed E-state index contributed by atoms with van der Waals surface area (Å²) in [5, 5.41) is 9.08. The molecule has 68 valence electrons. The van der Waals surface area contributed by atoms with Crippen molar-refractivity contribution in [2.24, 2.45) is 17.8 Å². The maximum Gasteiger partial charge on any atom is 0.0464 e. The first-order chi connectivity index (χ1) is 5.90. The summed E-state index contributed by atoms with van der Waals surface area (Å²) in [6.45, 7) is 0.389. The molecule has 0 radical (unpaired) electrons. The molecule has 2 aliphatic rings. The van der Waals surface area contributed by atoms with Crippen molar-refractivity contribution in [3.63, 3.8) is 0 Å². The second-order valence-corrected chi connectivity index (χ2v) is 4.26. The molecule has 2 atom stereocenters. The molecular formula is C11H18O. The lowest BCUT2D eigenvalue weighted by molar-refractivity contribution is 0.210. The van der Waals surface area contributed by atoms with Crippen molar-refractivity contribution in [1.29, 1.82) is 0 Å². The molecule has 0 amide bonds. The van der Waals surface area contributed by atoms with E-state index in [1.165, 1.54) is 32.1 Å². The molecule has 0 aromatic carbocycles. The summed E-state index contributed by atoms with van der Waals surface area (Å²) in [5.41, 5.74) is 0. The highest BCUT2D eigenvalue weighted by Gasteiger charge is 2.25. The van der Waals surface area contributed by atoms with Crippen LogP contribution in [0.1, 0.15) is 32.1 Å². The van der Waals surface area contributed by atoms with Crippen LogP contribution >= 0.6 is 0 Å². The zero-order valence-electron chi connectivity index (χ0n) is 7.58. The predicted molar refractivity (Wildman–Crippen MR) is 49.8 cm³/mol. The molecule has 2 unspecified atom stereocenters. The Labute approximate surface area is 74.5 Å². The van der Waals surface area contributed by atoms with Gasteiger partial charge < -0.3 is 5.11 Å². The van der Waals surface area contributed by atoms with E-state index in [0.29, 0.717) is 18.4 Å². The highest BCUT2D eigenvalue weighted by Crippen LogP contribution is 2.35. The minimum Gasteiger partial charge on any atom is -0.396 e. The van der Waals surface area contributed by atoms with E-state index in [1.807, 2.05) is 0 Å². The summed E-state index contributed by atoms with van der Waals surface area (Å²) in [4.78, 5) is 0. The van der Waals surface area contributed by atoms with Gasteiger partial charge in [0.05, 0.1) is 0 Å². The second-order valence-electron chi connectivity index (χ2n) is 4.26. The van der Waals surface area contributed by atoms with Crippen LogP contribution in [0.3, 0.4) is 0 Å². The van der Waals surface area contributed by atoms with Crippen LogP contribution in [0.15, 0.2) is 12.2 Å². The van der Waals surface area contributed by atoms with E-state index in [-0.39, 0.29) is 0 Å². The smallest absolute Gasteiger partial charge is 0.0464 e. The molecule has 0 heterocycles. The van der Waals surface area contributed by atoms with Gasteiger partial charge in [-0.25, -0.2) is 0 Å². The third-order valence-corrected chi connectivity index (χ3v) is 3.20. The summed E-state index contributed by atoms with van der Waals surface area (Å²) < 4.78 is 0. The normalized spacial score (nSPS) is 36.4. The van der Waals surface area contributed by atoms with E-state index < -0.39 is 0 Å². The predicted octanol–water partition coefficient (Wildman–Crippen LogP) is 2.36. The third kappa shape index (κ3) is 1.89. The van der Waals surface area contributed by atoms with E-state index in [2.05, 4.69) is 12.2 Å². The van der Waals surface area contributed by atoms with E-state index in [9.17, 15) is 0 Å². The van der Waals surface area contributed by atoms with Gasteiger partial charge >= 0.3 is 0 Å². The molecule has 0 aromatic rings. The quantitative estimate of drug-likeness (QED) is 0.638. The van der Waals surface area contributed by atoms with Gasteiger partial charge in [-0.05, 0) is 43.4 Å². The van der Waals surface area contributed by atoms with Gasteiger partial charge in [0.1, 0.15) is 0 Å². The van der Waals surface area contributed by atoms with Crippen molar-refractivity contribution in [1.82, 2.24) is 0 Å². The van der Waals surface area contributed by atoms with Crippen molar-refractivity contribution in [2.45, 2.75) is 32.1 Å².